The first-order valence-corrected chi connectivity index (χ1v) is 12.9. The lowest BCUT2D eigenvalue weighted by Gasteiger charge is -2.14. The molecule has 0 saturated carbocycles. The maximum absolute atomic E-state index is 11.9. The number of carbonyl (C=O) groups is 1. The molecule has 0 bridgehead atoms. The van der Waals surface area contributed by atoms with Crippen LogP contribution in [-0.4, -0.2) is 44.9 Å². The van der Waals surface area contributed by atoms with Crippen molar-refractivity contribution in [1.29, 1.82) is 0 Å². The van der Waals surface area contributed by atoms with Gasteiger partial charge in [0.15, 0.2) is 21.4 Å². The number of nitrogens with zero attached hydrogens (tertiary/aromatic N) is 4. The quantitative estimate of drug-likeness (QED) is 0.397. The van der Waals surface area contributed by atoms with Gasteiger partial charge in [0, 0.05) is 11.8 Å². The summed E-state index contributed by atoms with van der Waals surface area (Å²) >= 11 is 7.52. The molecule has 0 unspecified atom stereocenters. The zero-order chi connectivity index (χ0) is 23.9. The number of benzene rings is 2. The minimum absolute atomic E-state index is 0.0738. The van der Waals surface area contributed by atoms with Gasteiger partial charge in [0.05, 0.1) is 10.6 Å². The SMILES string of the molecule is CC(C)c1ccccc1-n1nc(C(=O)O)c(Cl)c1-c1nsc(-c2cccc(S(C)(=O)=O)c2)n1. The van der Waals surface area contributed by atoms with Gasteiger partial charge in [-0.1, -0.05) is 55.8 Å². The van der Waals surface area contributed by atoms with E-state index in [1.165, 1.54) is 16.8 Å². The number of aromatic nitrogens is 4. The number of halogens is 1. The van der Waals surface area contributed by atoms with Crippen molar-refractivity contribution in [3.8, 4) is 27.8 Å². The van der Waals surface area contributed by atoms with Gasteiger partial charge in [-0.25, -0.2) is 22.9 Å². The molecule has 170 valence electrons. The Hall–Kier alpha value is -3.08. The lowest BCUT2D eigenvalue weighted by Crippen LogP contribution is -2.06. The van der Waals surface area contributed by atoms with Gasteiger partial charge in [-0.15, -0.1) is 0 Å². The van der Waals surface area contributed by atoms with Crippen LogP contribution in [0.2, 0.25) is 5.02 Å². The summed E-state index contributed by atoms with van der Waals surface area (Å²) in [7, 11) is -3.39. The van der Waals surface area contributed by atoms with E-state index in [-0.39, 0.29) is 33.0 Å². The molecule has 0 amide bonds. The van der Waals surface area contributed by atoms with Gasteiger partial charge in [-0.3, -0.25) is 0 Å². The van der Waals surface area contributed by atoms with Crippen molar-refractivity contribution in [2.75, 3.05) is 6.26 Å². The first-order valence-electron chi connectivity index (χ1n) is 9.83. The van der Waals surface area contributed by atoms with E-state index in [0.29, 0.717) is 16.3 Å². The molecule has 0 radical (unpaired) electrons. The molecular weight excluding hydrogens is 484 g/mol. The third-order valence-corrected chi connectivity index (χ3v) is 7.20. The Labute approximate surface area is 199 Å². The number of aromatic carboxylic acids is 1. The van der Waals surface area contributed by atoms with E-state index < -0.39 is 15.8 Å². The molecule has 2 aromatic carbocycles. The van der Waals surface area contributed by atoms with Crippen molar-refractivity contribution in [3.63, 3.8) is 0 Å². The molecule has 0 aliphatic heterocycles. The van der Waals surface area contributed by atoms with Crippen LogP contribution in [0.5, 0.6) is 0 Å². The molecule has 4 rings (SSSR count). The van der Waals surface area contributed by atoms with Crippen molar-refractivity contribution < 1.29 is 18.3 Å². The highest BCUT2D eigenvalue weighted by Gasteiger charge is 2.27. The molecule has 0 atom stereocenters. The van der Waals surface area contributed by atoms with Crippen LogP contribution in [-0.2, 0) is 9.84 Å². The van der Waals surface area contributed by atoms with Crippen LogP contribution < -0.4 is 0 Å². The minimum Gasteiger partial charge on any atom is -0.476 e. The lowest BCUT2D eigenvalue weighted by molar-refractivity contribution is 0.0690. The Morgan fingerprint density at radius 1 is 1.15 bits per heavy atom. The van der Waals surface area contributed by atoms with Gasteiger partial charge >= 0.3 is 5.97 Å². The highest BCUT2D eigenvalue weighted by molar-refractivity contribution is 7.90. The van der Waals surface area contributed by atoms with Crippen molar-refractivity contribution in [1.82, 2.24) is 19.1 Å². The fourth-order valence-electron chi connectivity index (χ4n) is 3.37. The molecule has 2 aromatic heterocycles. The first-order chi connectivity index (χ1) is 15.6. The first kappa shape index (κ1) is 23.1. The number of carboxylic acid groups (broad SMARTS) is 1. The zero-order valence-electron chi connectivity index (χ0n) is 17.9. The van der Waals surface area contributed by atoms with E-state index >= 15 is 0 Å². The van der Waals surface area contributed by atoms with Crippen LogP contribution in [0.1, 0.15) is 35.8 Å². The Bertz CT molecular complexity index is 1480. The van der Waals surface area contributed by atoms with E-state index in [1.807, 2.05) is 38.1 Å². The average molecular weight is 503 g/mol. The molecule has 0 saturated heterocycles. The van der Waals surface area contributed by atoms with Crippen LogP contribution in [0.3, 0.4) is 0 Å². The van der Waals surface area contributed by atoms with E-state index in [0.717, 1.165) is 23.4 Å². The molecule has 8 nitrogen and oxygen atoms in total. The molecule has 11 heteroatoms. The summed E-state index contributed by atoms with van der Waals surface area (Å²) < 4.78 is 29.7. The van der Waals surface area contributed by atoms with E-state index in [1.54, 1.807) is 12.1 Å². The van der Waals surface area contributed by atoms with Crippen LogP contribution >= 0.6 is 23.1 Å². The third kappa shape index (κ3) is 4.41. The van der Waals surface area contributed by atoms with Crippen LogP contribution in [0.25, 0.3) is 27.8 Å². The van der Waals surface area contributed by atoms with Gasteiger partial charge in [0.2, 0.25) is 0 Å². The van der Waals surface area contributed by atoms with Crippen molar-refractivity contribution in [3.05, 3.63) is 64.8 Å². The number of hydrogen-bond acceptors (Lipinski definition) is 7. The predicted molar refractivity (Wildman–Crippen MR) is 127 cm³/mol. The summed E-state index contributed by atoms with van der Waals surface area (Å²) in [5.74, 6) is -0.926. The summed E-state index contributed by atoms with van der Waals surface area (Å²) in [4.78, 5) is 16.5. The van der Waals surface area contributed by atoms with Crippen LogP contribution in [0, 0.1) is 0 Å². The summed E-state index contributed by atoms with van der Waals surface area (Å²) in [6.07, 6.45) is 1.13. The Morgan fingerprint density at radius 3 is 2.55 bits per heavy atom. The maximum atomic E-state index is 11.9. The highest BCUT2D eigenvalue weighted by Crippen LogP contribution is 2.36. The molecule has 2 heterocycles. The number of rotatable bonds is 6. The largest absolute Gasteiger partial charge is 0.476 e. The van der Waals surface area contributed by atoms with Gasteiger partial charge in [0.25, 0.3) is 0 Å². The molecule has 33 heavy (non-hydrogen) atoms. The minimum atomic E-state index is -3.39. The smallest absolute Gasteiger partial charge is 0.358 e. The Balaban J connectivity index is 1.90. The second kappa shape index (κ2) is 8.69. The van der Waals surface area contributed by atoms with Crippen molar-refractivity contribution >= 4 is 38.9 Å². The molecule has 0 aliphatic carbocycles. The van der Waals surface area contributed by atoms with E-state index in [9.17, 15) is 18.3 Å². The second-order valence-corrected chi connectivity index (χ2v) is 10.8. The summed E-state index contributed by atoms with van der Waals surface area (Å²) in [6, 6.07) is 13.9. The maximum Gasteiger partial charge on any atom is 0.358 e. The number of para-hydroxylation sites is 1. The topological polar surface area (TPSA) is 115 Å². The fourth-order valence-corrected chi connectivity index (χ4v) is 4.98. The monoisotopic (exact) mass is 502 g/mol. The lowest BCUT2D eigenvalue weighted by atomic mass is 10.0. The normalized spacial score (nSPS) is 11.8. The number of carboxylic acids is 1. The van der Waals surface area contributed by atoms with Gasteiger partial charge < -0.3 is 5.11 Å². The highest BCUT2D eigenvalue weighted by atomic mass is 35.5. The van der Waals surface area contributed by atoms with E-state index in [4.69, 9.17) is 11.6 Å². The zero-order valence-corrected chi connectivity index (χ0v) is 20.2. The molecule has 1 N–H and O–H groups in total. The van der Waals surface area contributed by atoms with Crippen molar-refractivity contribution in [2.24, 2.45) is 0 Å². The fraction of sp³-hybridized carbons (Fsp3) is 0.182. The Kier molecular flexibility index (Phi) is 6.08. The van der Waals surface area contributed by atoms with E-state index in [2.05, 4.69) is 14.5 Å². The standard InChI is InChI=1S/C22H19ClN4O4S2/c1-12(2)15-9-4-5-10-16(15)27-19(17(23)18(25-27)22(28)29)20-24-21(32-26-20)13-7-6-8-14(11-13)33(3,30)31/h4-12H,1-3H3,(H,28,29). The second-order valence-electron chi connectivity index (χ2n) is 7.66. The molecule has 0 fully saturated rings. The van der Waals surface area contributed by atoms with Gasteiger partial charge in [-0.05, 0) is 41.2 Å². The molecular formula is C22H19ClN4O4S2. The van der Waals surface area contributed by atoms with Crippen molar-refractivity contribution in [2.45, 2.75) is 24.7 Å². The van der Waals surface area contributed by atoms with Gasteiger partial charge in [0.1, 0.15) is 15.7 Å². The van der Waals surface area contributed by atoms with Crippen LogP contribution in [0.15, 0.2) is 53.4 Å². The molecule has 0 aliphatic rings. The predicted octanol–water partition coefficient (Wildman–Crippen LogP) is 4.94. The Morgan fingerprint density at radius 2 is 1.88 bits per heavy atom. The molecule has 4 aromatic rings. The summed E-state index contributed by atoms with van der Waals surface area (Å²) in [6.45, 7) is 4.05. The summed E-state index contributed by atoms with van der Waals surface area (Å²) in [5.41, 5.74) is 2.15. The van der Waals surface area contributed by atoms with Crippen LogP contribution in [0.4, 0.5) is 0 Å². The van der Waals surface area contributed by atoms with Gasteiger partial charge in [-0.2, -0.15) is 9.47 Å². The average Bonchev–Trinajstić information content (AvgIpc) is 3.37. The molecule has 0 spiro atoms. The third-order valence-electron chi connectivity index (χ3n) is 4.96. The number of hydrogen-bond donors (Lipinski definition) is 1. The summed E-state index contributed by atoms with van der Waals surface area (Å²) in [5, 5.41) is 14.3. The number of sulfone groups is 1.